The predicted octanol–water partition coefficient (Wildman–Crippen LogP) is 2.92. The van der Waals surface area contributed by atoms with Crippen LogP contribution in [0.4, 0.5) is 5.69 Å². The standard InChI is InChI=1S/C6H5BrINS/c7-3-1-2-4(8)6(10)5(3)9/h1-2,10H,9H2. The zero-order valence-electron chi connectivity index (χ0n) is 4.94. The average molecular weight is 330 g/mol. The second-order valence-electron chi connectivity index (χ2n) is 1.79. The van der Waals surface area contributed by atoms with Gasteiger partial charge < -0.3 is 5.73 Å². The van der Waals surface area contributed by atoms with Crippen molar-refractivity contribution in [1.29, 1.82) is 0 Å². The first-order valence-corrected chi connectivity index (χ1v) is 4.87. The summed E-state index contributed by atoms with van der Waals surface area (Å²) in [6.07, 6.45) is 0. The van der Waals surface area contributed by atoms with Gasteiger partial charge in [0.05, 0.1) is 5.69 Å². The van der Waals surface area contributed by atoms with E-state index in [1.807, 2.05) is 12.1 Å². The lowest BCUT2D eigenvalue weighted by Crippen LogP contribution is -1.90. The molecule has 0 radical (unpaired) electrons. The van der Waals surface area contributed by atoms with Crippen molar-refractivity contribution in [3.05, 3.63) is 20.2 Å². The maximum absolute atomic E-state index is 5.65. The van der Waals surface area contributed by atoms with Crippen LogP contribution in [0.2, 0.25) is 0 Å². The molecule has 0 aliphatic heterocycles. The van der Waals surface area contributed by atoms with Crippen LogP contribution in [0.3, 0.4) is 0 Å². The van der Waals surface area contributed by atoms with Gasteiger partial charge in [0, 0.05) is 12.9 Å². The maximum Gasteiger partial charge on any atom is 0.0604 e. The Hall–Kier alpha value is 0.580. The van der Waals surface area contributed by atoms with Gasteiger partial charge in [0.25, 0.3) is 0 Å². The van der Waals surface area contributed by atoms with Gasteiger partial charge in [-0.05, 0) is 50.7 Å². The van der Waals surface area contributed by atoms with Crippen LogP contribution in [0.25, 0.3) is 0 Å². The molecule has 0 aromatic heterocycles. The fourth-order valence-electron chi connectivity index (χ4n) is 0.557. The molecule has 4 heteroatoms. The highest BCUT2D eigenvalue weighted by Crippen LogP contribution is 2.29. The van der Waals surface area contributed by atoms with Gasteiger partial charge in [0.1, 0.15) is 0 Å². The average Bonchev–Trinajstić information content (AvgIpc) is 1.93. The lowest BCUT2D eigenvalue weighted by atomic mass is 10.3. The van der Waals surface area contributed by atoms with Gasteiger partial charge in [-0.3, -0.25) is 0 Å². The van der Waals surface area contributed by atoms with Crippen LogP contribution in [0.5, 0.6) is 0 Å². The molecule has 0 unspecified atom stereocenters. The van der Waals surface area contributed by atoms with Crippen LogP contribution in [0, 0.1) is 3.57 Å². The van der Waals surface area contributed by atoms with Crippen LogP contribution in [0.1, 0.15) is 0 Å². The highest BCUT2D eigenvalue weighted by molar-refractivity contribution is 14.1. The molecule has 1 rings (SSSR count). The number of nitrogen functional groups attached to an aromatic ring is 1. The van der Waals surface area contributed by atoms with Gasteiger partial charge in [-0.2, -0.15) is 0 Å². The van der Waals surface area contributed by atoms with E-state index in [9.17, 15) is 0 Å². The van der Waals surface area contributed by atoms with Gasteiger partial charge in [-0.1, -0.05) is 0 Å². The van der Waals surface area contributed by atoms with E-state index in [1.165, 1.54) is 0 Å². The Balaban J connectivity index is 3.34. The summed E-state index contributed by atoms with van der Waals surface area (Å²) in [5.41, 5.74) is 6.36. The Kier molecular flexibility index (Phi) is 2.88. The van der Waals surface area contributed by atoms with E-state index in [-0.39, 0.29) is 0 Å². The minimum atomic E-state index is 0.704. The largest absolute Gasteiger partial charge is 0.397 e. The van der Waals surface area contributed by atoms with Crippen molar-refractivity contribution in [2.75, 3.05) is 5.73 Å². The van der Waals surface area contributed by atoms with E-state index >= 15 is 0 Å². The predicted molar refractivity (Wildman–Crippen MR) is 58.5 cm³/mol. The molecule has 1 aromatic rings. The number of benzene rings is 1. The van der Waals surface area contributed by atoms with Crippen LogP contribution in [0.15, 0.2) is 21.5 Å². The second kappa shape index (κ2) is 3.32. The SMILES string of the molecule is Nc1c(Br)ccc(I)c1S. The Morgan fingerprint density at radius 1 is 1.50 bits per heavy atom. The molecule has 0 heterocycles. The topological polar surface area (TPSA) is 26.0 Å². The molecule has 0 spiro atoms. The van der Waals surface area contributed by atoms with Crippen molar-refractivity contribution < 1.29 is 0 Å². The van der Waals surface area contributed by atoms with Crippen LogP contribution in [-0.2, 0) is 0 Å². The number of nitrogens with two attached hydrogens (primary N) is 1. The molecule has 1 aromatic carbocycles. The maximum atomic E-state index is 5.65. The van der Waals surface area contributed by atoms with Crippen molar-refractivity contribution in [2.45, 2.75) is 4.90 Å². The Bertz CT molecular complexity index is 237. The quantitative estimate of drug-likeness (QED) is 0.427. The summed E-state index contributed by atoms with van der Waals surface area (Å²) in [5, 5.41) is 0. The number of halogens is 2. The Morgan fingerprint density at radius 3 is 2.60 bits per heavy atom. The molecule has 0 atom stereocenters. The van der Waals surface area contributed by atoms with E-state index in [0.29, 0.717) is 5.69 Å². The molecule has 0 amide bonds. The second-order valence-corrected chi connectivity index (χ2v) is 4.26. The van der Waals surface area contributed by atoms with Crippen molar-refractivity contribution in [1.82, 2.24) is 0 Å². The summed E-state index contributed by atoms with van der Waals surface area (Å²) in [6, 6.07) is 3.88. The number of hydrogen-bond acceptors (Lipinski definition) is 2. The summed E-state index contributed by atoms with van der Waals surface area (Å²) in [7, 11) is 0. The van der Waals surface area contributed by atoms with Gasteiger partial charge >= 0.3 is 0 Å². The zero-order chi connectivity index (χ0) is 7.72. The molecule has 1 nitrogen and oxygen atoms in total. The van der Waals surface area contributed by atoms with Crippen LogP contribution in [-0.4, -0.2) is 0 Å². The molecule has 2 N–H and O–H groups in total. The first-order chi connectivity index (χ1) is 4.63. The third-order valence-electron chi connectivity index (χ3n) is 1.11. The minimum absolute atomic E-state index is 0.704. The first kappa shape index (κ1) is 8.67. The molecule has 0 aliphatic rings. The van der Waals surface area contributed by atoms with E-state index in [0.717, 1.165) is 12.9 Å². The third-order valence-corrected chi connectivity index (χ3v) is 3.61. The molecule has 0 aliphatic carbocycles. The van der Waals surface area contributed by atoms with Crippen LogP contribution >= 0.6 is 51.1 Å². The zero-order valence-corrected chi connectivity index (χ0v) is 9.57. The van der Waals surface area contributed by atoms with Crippen molar-refractivity contribution in [2.24, 2.45) is 0 Å². The lowest BCUT2D eigenvalue weighted by molar-refractivity contribution is 1.39. The molecule has 0 saturated heterocycles. The number of anilines is 1. The van der Waals surface area contributed by atoms with Crippen molar-refractivity contribution >= 4 is 56.8 Å². The fourth-order valence-corrected chi connectivity index (χ4v) is 1.71. The molecule has 0 fully saturated rings. The molecular formula is C6H5BrINS. The third kappa shape index (κ3) is 1.60. The van der Waals surface area contributed by atoms with E-state index < -0.39 is 0 Å². The van der Waals surface area contributed by atoms with Gasteiger partial charge in [0.15, 0.2) is 0 Å². The van der Waals surface area contributed by atoms with Crippen molar-refractivity contribution in [3.63, 3.8) is 0 Å². The number of hydrogen-bond donors (Lipinski definition) is 2. The van der Waals surface area contributed by atoms with Crippen molar-refractivity contribution in [3.8, 4) is 0 Å². The number of rotatable bonds is 0. The molecular weight excluding hydrogens is 325 g/mol. The van der Waals surface area contributed by atoms with Gasteiger partial charge in [-0.25, -0.2) is 0 Å². The summed E-state index contributed by atoms with van der Waals surface area (Å²) in [6.45, 7) is 0. The summed E-state index contributed by atoms with van der Waals surface area (Å²) in [5.74, 6) is 0. The Labute approximate surface area is 87.1 Å². The summed E-state index contributed by atoms with van der Waals surface area (Å²) in [4.78, 5) is 0.843. The summed E-state index contributed by atoms with van der Waals surface area (Å²) < 4.78 is 1.97. The highest BCUT2D eigenvalue weighted by Gasteiger charge is 2.02. The monoisotopic (exact) mass is 329 g/mol. The first-order valence-electron chi connectivity index (χ1n) is 2.55. The molecule has 54 valence electrons. The smallest absolute Gasteiger partial charge is 0.0604 e. The Morgan fingerprint density at radius 2 is 2.10 bits per heavy atom. The van der Waals surface area contributed by atoms with Gasteiger partial charge in [0.2, 0.25) is 0 Å². The molecule has 0 saturated carbocycles. The minimum Gasteiger partial charge on any atom is -0.397 e. The van der Waals surface area contributed by atoms with Crippen LogP contribution < -0.4 is 5.73 Å². The number of thiol groups is 1. The van der Waals surface area contributed by atoms with E-state index in [2.05, 4.69) is 51.1 Å². The highest BCUT2D eigenvalue weighted by atomic mass is 127. The van der Waals surface area contributed by atoms with E-state index in [4.69, 9.17) is 5.73 Å². The lowest BCUT2D eigenvalue weighted by Gasteiger charge is -2.02. The molecule has 10 heavy (non-hydrogen) atoms. The van der Waals surface area contributed by atoms with E-state index in [1.54, 1.807) is 0 Å². The normalized spacial score (nSPS) is 9.90. The van der Waals surface area contributed by atoms with Gasteiger partial charge in [-0.15, -0.1) is 12.6 Å². The fraction of sp³-hybridized carbons (Fsp3) is 0. The summed E-state index contributed by atoms with van der Waals surface area (Å²) >= 11 is 9.71. The molecule has 0 bridgehead atoms.